The molecule has 1 fully saturated rings. The fourth-order valence-corrected chi connectivity index (χ4v) is 2.95. The van der Waals surface area contributed by atoms with Crippen LogP contribution >= 0.6 is 15.9 Å². The summed E-state index contributed by atoms with van der Waals surface area (Å²) in [5.41, 5.74) is 7.79. The summed E-state index contributed by atoms with van der Waals surface area (Å²) >= 11 is 3.45. The van der Waals surface area contributed by atoms with Gasteiger partial charge in [0.05, 0.1) is 5.54 Å². The van der Waals surface area contributed by atoms with Gasteiger partial charge in [-0.25, -0.2) is 4.98 Å². The van der Waals surface area contributed by atoms with Crippen LogP contribution in [0.3, 0.4) is 0 Å². The third-order valence-electron chi connectivity index (χ3n) is 3.94. The number of nitrogens with zero attached hydrogens (tertiary/aromatic N) is 1. The van der Waals surface area contributed by atoms with Crippen LogP contribution < -0.4 is 5.73 Å². The number of oxazole rings is 1. The summed E-state index contributed by atoms with van der Waals surface area (Å²) in [6.07, 6.45) is 4.22. The molecule has 0 amide bonds. The number of nitrogens with two attached hydrogens (primary N) is 1. The van der Waals surface area contributed by atoms with Crippen molar-refractivity contribution in [3.8, 4) is 0 Å². The fourth-order valence-electron chi connectivity index (χ4n) is 2.60. The highest BCUT2D eigenvalue weighted by molar-refractivity contribution is 9.10. The minimum atomic E-state index is -0.377. The van der Waals surface area contributed by atoms with E-state index in [2.05, 4.69) is 27.8 Å². The predicted molar refractivity (Wildman–Crippen MR) is 75.2 cm³/mol. The third kappa shape index (κ3) is 2.08. The number of benzene rings is 1. The van der Waals surface area contributed by atoms with Gasteiger partial charge in [0.1, 0.15) is 5.52 Å². The Kier molecular flexibility index (Phi) is 2.94. The molecule has 2 N–H and O–H groups in total. The number of hydrogen-bond acceptors (Lipinski definition) is 3. The smallest absolute Gasteiger partial charge is 0.215 e. The van der Waals surface area contributed by atoms with E-state index in [0.29, 0.717) is 5.89 Å². The first kappa shape index (κ1) is 12.2. The Labute approximate surface area is 115 Å². The third-order valence-corrected chi connectivity index (χ3v) is 4.44. The fraction of sp³-hybridized carbons (Fsp3) is 0.500. The lowest BCUT2D eigenvalue weighted by molar-refractivity contribution is 0.209. The molecule has 0 spiro atoms. The van der Waals surface area contributed by atoms with Crippen molar-refractivity contribution >= 4 is 27.0 Å². The highest BCUT2D eigenvalue weighted by Gasteiger charge is 2.36. The standard InChI is InChI=1S/C14H17BrN2O/c1-9-4-6-14(16,7-5-9)13-17-11-8-10(15)2-3-12(11)18-13/h2-3,8-9H,4-7,16H2,1H3. The van der Waals surface area contributed by atoms with Crippen LogP contribution in [0.25, 0.3) is 11.1 Å². The molecular formula is C14H17BrN2O. The molecular weight excluding hydrogens is 292 g/mol. The van der Waals surface area contributed by atoms with Gasteiger partial charge in [-0.1, -0.05) is 22.9 Å². The van der Waals surface area contributed by atoms with Crippen molar-refractivity contribution in [1.82, 2.24) is 4.98 Å². The number of rotatable bonds is 1. The molecule has 1 aromatic carbocycles. The number of fused-ring (bicyclic) bond motifs is 1. The van der Waals surface area contributed by atoms with Crippen LogP contribution in [0.1, 0.15) is 38.5 Å². The molecule has 1 saturated carbocycles. The molecule has 3 nitrogen and oxygen atoms in total. The highest BCUT2D eigenvalue weighted by Crippen LogP contribution is 2.38. The van der Waals surface area contributed by atoms with Gasteiger partial charge in [0.15, 0.2) is 5.58 Å². The largest absolute Gasteiger partial charge is 0.439 e. The van der Waals surface area contributed by atoms with Crippen LogP contribution in [0, 0.1) is 5.92 Å². The Morgan fingerprint density at radius 3 is 2.83 bits per heavy atom. The molecule has 0 saturated heterocycles. The van der Waals surface area contributed by atoms with Crippen molar-refractivity contribution in [1.29, 1.82) is 0 Å². The van der Waals surface area contributed by atoms with Gasteiger partial charge in [0, 0.05) is 4.47 Å². The van der Waals surface area contributed by atoms with Crippen molar-refractivity contribution in [2.45, 2.75) is 38.1 Å². The van der Waals surface area contributed by atoms with E-state index in [4.69, 9.17) is 10.2 Å². The lowest BCUT2D eigenvalue weighted by Crippen LogP contribution is -2.40. The number of aromatic nitrogens is 1. The molecule has 0 bridgehead atoms. The van der Waals surface area contributed by atoms with Gasteiger partial charge in [0.2, 0.25) is 5.89 Å². The van der Waals surface area contributed by atoms with E-state index < -0.39 is 0 Å². The van der Waals surface area contributed by atoms with E-state index in [1.807, 2.05) is 18.2 Å². The second kappa shape index (κ2) is 4.35. The van der Waals surface area contributed by atoms with Gasteiger partial charge in [-0.3, -0.25) is 0 Å². The number of hydrogen-bond donors (Lipinski definition) is 1. The van der Waals surface area contributed by atoms with Crippen molar-refractivity contribution in [3.05, 3.63) is 28.6 Å². The van der Waals surface area contributed by atoms with Crippen LogP contribution in [-0.4, -0.2) is 4.98 Å². The van der Waals surface area contributed by atoms with Crippen LogP contribution in [-0.2, 0) is 5.54 Å². The zero-order valence-electron chi connectivity index (χ0n) is 10.4. The zero-order chi connectivity index (χ0) is 12.8. The normalized spacial score (nSPS) is 28.7. The van der Waals surface area contributed by atoms with Crippen molar-refractivity contribution in [2.75, 3.05) is 0 Å². The summed E-state index contributed by atoms with van der Waals surface area (Å²) in [5, 5.41) is 0. The molecule has 2 aromatic rings. The van der Waals surface area contributed by atoms with E-state index in [1.165, 1.54) is 0 Å². The molecule has 1 aromatic heterocycles. The maximum Gasteiger partial charge on any atom is 0.215 e. The van der Waals surface area contributed by atoms with Crippen molar-refractivity contribution in [3.63, 3.8) is 0 Å². The minimum absolute atomic E-state index is 0.377. The van der Waals surface area contributed by atoms with Crippen molar-refractivity contribution in [2.24, 2.45) is 11.7 Å². The summed E-state index contributed by atoms with van der Waals surface area (Å²) < 4.78 is 6.86. The van der Waals surface area contributed by atoms with Crippen molar-refractivity contribution < 1.29 is 4.42 Å². The molecule has 0 radical (unpaired) electrons. The van der Waals surface area contributed by atoms with Crippen LogP contribution in [0.15, 0.2) is 27.1 Å². The topological polar surface area (TPSA) is 52.0 Å². The van der Waals surface area contributed by atoms with Gasteiger partial charge in [-0.05, 0) is 49.8 Å². The summed E-state index contributed by atoms with van der Waals surface area (Å²) in [6, 6.07) is 5.87. The summed E-state index contributed by atoms with van der Waals surface area (Å²) in [4.78, 5) is 4.57. The average Bonchev–Trinajstić information content (AvgIpc) is 2.77. The molecule has 0 atom stereocenters. The predicted octanol–water partition coefficient (Wildman–Crippen LogP) is 3.95. The van der Waals surface area contributed by atoms with E-state index in [-0.39, 0.29) is 5.54 Å². The Balaban J connectivity index is 1.98. The summed E-state index contributed by atoms with van der Waals surface area (Å²) in [6.45, 7) is 2.28. The van der Waals surface area contributed by atoms with E-state index in [0.717, 1.165) is 47.2 Å². The van der Waals surface area contributed by atoms with Crippen LogP contribution in [0.2, 0.25) is 0 Å². The van der Waals surface area contributed by atoms with E-state index in [1.54, 1.807) is 0 Å². The lowest BCUT2D eigenvalue weighted by atomic mass is 9.78. The first-order chi connectivity index (χ1) is 8.57. The maximum atomic E-state index is 6.48. The Morgan fingerprint density at radius 2 is 2.11 bits per heavy atom. The molecule has 4 heteroatoms. The second-order valence-electron chi connectivity index (χ2n) is 5.47. The van der Waals surface area contributed by atoms with Gasteiger partial charge < -0.3 is 10.2 Å². The summed E-state index contributed by atoms with van der Waals surface area (Å²) in [7, 11) is 0. The molecule has 3 rings (SSSR count). The highest BCUT2D eigenvalue weighted by atomic mass is 79.9. The first-order valence-corrected chi connectivity index (χ1v) is 7.22. The Hall–Kier alpha value is -0.870. The van der Waals surface area contributed by atoms with Gasteiger partial charge in [-0.2, -0.15) is 0 Å². The Morgan fingerprint density at radius 1 is 1.39 bits per heavy atom. The zero-order valence-corrected chi connectivity index (χ0v) is 12.0. The Bertz CT molecular complexity index is 570. The second-order valence-corrected chi connectivity index (χ2v) is 6.39. The molecule has 1 heterocycles. The summed E-state index contributed by atoms with van der Waals surface area (Å²) in [5.74, 6) is 1.46. The molecule has 0 unspecified atom stereocenters. The molecule has 1 aliphatic rings. The lowest BCUT2D eigenvalue weighted by Gasteiger charge is -2.33. The minimum Gasteiger partial charge on any atom is -0.439 e. The van der Waals surface area contributed by atoms with Gasteiger partial charge >= 0.3 is 0 Å². The maximum absolute atomic E-state index is 6.48. The van der Waals surface area contributed by atoms with E-state index >= 15 is 0 Å². The van der Waals surface area contributed by atoms with E-state index in [9.17, 15) is 0 Å². The van der Waals surface area contributed by atoms with Gasteiger partial charge in [0.25, 0.3) is 0 Å². The molecule has 96 valence electrons. The molecule has 1 aliphatic carbocycles. The number of halogens is 1. The van der Waals surface area contributed by atoms with Crippen LogP contribution in [0.4, 0.5) is 0 Å². The molecule has 18 heavy (non-hydrogen) atoms. The molecule has 0 aliphatic heterocycles. The monoisotopic (exact) mass is 308 g/mol. The van der Waals surface area contributed by atoms with Crippen LogP contribution in [0.5, 0.6) is 0 Å². The quantitative estimate of drug-likeness (QED) is 0.867. The van der Waals surface area contributed by atoms with Gasteiger partial charge in [-0.15, -0.1) is 0 Å². The average molecular weight is 309 g/mol. The SMILES string of the molecule is CC1CCC(N)(c2nc3cc(Br)ccc3o2)CC1. The first-order valence-electron chi connectivity index (χ1n) is 6.42.